The van der Waals surface area contributed by atoms with Crippen LogP contribution in [0.15, 0.2) is 20.9 Å². The average molecular weight is 554 g/mol. The minimum atomic E-state index is -6.57. The number of aromatic nitrogens is 2. The number of aryl methyl sites for hydroxylation is 1. The van der Waals surface area contributed by atoms with Gasteiger partial charge in [0.15, 0.2) is 0 Å². The number of aromatic amines is 1. The summed E-state index contributed by atoms with van der Waals surface area (Å²) >= 11 is 0. The summed E-state index contributed by atoms with van der Waals surface area (Å²) in [5.41, 5.74) is 7.28. The molecule has 1 aromatic heterocycles. The van der Waals surface area contributed by atoms with E-state index in [1.165, 1.54) is 12.0 Å². The summed E-state index contributed by atoms with van der Waals surface area (Å²) in [4.78, 5) is 56.2. The van der Waals surface area contributed by atoms with Crippen molar-refractivity contribution in [1.82, 2.24) is 14.6 Å². The molecule has 0 spiro atoms. The molecular weight excluding hydrogens is 535 g/mol. The normalized spacial score (nSPS) is 26.1. The zero-order chi connectivity index (χ0) is 26.1. The fraction of sp³-hybridized carbons (Fsp3) is 0.667. The van der Waals surface area contributed by atoms with Crippen LogP contribution in [-0.2, 0) is 27.3 Å². The van der Waals surface area contributed by atoms with E-state index in [0.29, 0.717) is 7.05 Å². The predicted octanol–water partition coefficient (Wildman–Crippen LogP) is 1.09. The number of nitrogens with zero attached hydrogens (tertiary/aromatic N) is 4. The second kappa shape index (κ2) is 10.1. The molecule has 192 valence electrons. The Morgan fingerprint density at radius 1 is 1.38 bits per heavy atom. The van der Waals surface area contributed by atoms with E-state index in [0.717, 1.165) is 10.8 Å². The van der Waals surface area contributed by atoms with Gasteiger partial charge in [-0.1, -0.05) is 5.11 Å². The standard InChI is InChI=1S/C12H19F2N6O11P3/c1-6-4-20(11(22)17-10(6)21)9-3-7(18-19-15)8(30-9)5-29-34(27,28)31-33(25,26)12(13,14)32(23,24)16-2/h4,7-9H,3,5H2,1-2H3,(H,25,26)(H,27,28)(H2,16,23,24)(H,17,21,22)/t7-,8+,9+/m0/s1. The van der Waals surface area contributed by atoms with Crippen molar-refractivity contribution in [2.75, 3.05) is 13.7 Å². The van der Waals surface area contributed by atoms with Crippen molar-refractivity contribution in [3.8, 4) is 0 Å². The Bertz CT molecular complexity index is 1250. The van der Waals surface area contributed by atoms with Crippen molar-refractivity contribution in [3.63, 3.8) is 0 Å². The summed E-state index contributed by atoms with van der Waals surface area (Å²) < 4.78 is 77.4. The van der Waals surface area contributed by atoms with Gasteiger partial charge in [-0.25, -0.2) is 18.8 Å². The van der Waals surface area contributed by atoms with Crippen LogP contribution in [0.25, 0.3) is 10.4 Å². The molecule has 1 fully saturated rings. The Morgan fingerprint density at radius 2 is 2.00 bits per heavy atom. The maximum atomic E-state index is 13.9. The van der Waals surface area contributed by atoms with Crippen molar-refractivity contribution in [1.29, 1.82) is 0 Å². The van der Waals surface area contributed by atoms with Crippen molar-refractivity contribution in [2.45, 2.75) is 37.1 Å². The van der Waals surface area contributed by atoms with Crippen LogP contribution < -0.4 is 16.3 Å². The van der Waals surface area contributed by atoms with Gasteiger partial charge in [0, 0.05) is 23.1 Å². The van der Waals surface area contributed by atoms with E-state index >= 15 is 0 Å². The lowest BCUT2D eigenvalue weighted by Gasteiger charge is -2.26. The lowest BCUT2D eigenvalue weighted by atomic mass is 10.1. The van der Waals surface area contributed by atoms with Crippen LogP contribution in [-0.4, -0.2) is 55.4 Å². The molecule has 0 radical (unpaired) electrons. The van der Waals surface area contributed by atoms with E-state index in [2.05, 4.69) is 18.9 Å². The molecule has 0 aliphatic carbocycles. The summed E-state index contributed by atoms with van der Waals surface area (Å²) in [5.74, 6) is 0. The van der Waals surface area contributed by atoms with Crippen LogP contribution >= 0.6 is 22.9 Å². The molecule has 2 rings (SSSR count). The van der Waals surface area contributed by atoms with E-state index in [-0.39, 0.29) is 12.0 Å². The predicted molar refractivity (Wildman–Crippen MR) is 108 cm³/mol. The third-order valence-corrected chi connectivity index (χ3v) is 10.3. The van der Waals surface area contributed by atoms with Gasteiger partial charge in [-0.3, -0.25) is 28.0 Å². The molecule has 0 aromatic carbocycles. The van der Waals surface area contributed by atoms with Crippen LogP contribution in [0, 0.1) is 6.92 Å². The second-order valence-electron chi connectivity index (χ2n) is 6.79. The fourth-order valence-electron chi connectivity index (χ4n) is 2.71. The van der Waals surface area contributed by atoms with E-state index in [4.69, 9.17) is 15.2 Å². The zero-order valence-electron chi connectivity index (χ0n) is 17.2. The summed E-state index contributed by atoms with van der Waals surface area (Å²) in [6, 6.07) is -1.14. The third-order valence-electron chi connectivity index (χ3n) is 4.48. The SMILES string of the molecule is CNP(=O)(O)C(F)(F)P(=O)(O)OP(=O)(O)OC[C@H]1O[C@@H](n2cc(C)c(=O)[nH]c2=O)C[C@@H]1N=[N+]=[N-]. The maximum Gasteiger partial charge on any atom is 0.479 e. The molecule has 1 aliphatic rings. The van der Waals surface area contributed by atoms with Crippen LogP contribution in [0.2, 0.25) is 0 Å². The Morgan fingerprint density at radius 3 is 2.56 bits per heavy atom. The molecule has 17 nitrogen and oxygen atoms in total. The molecular formula is C12H19F2N6O11P3. The highest BCUT2D eigenvalue weighted by Gasteiger charge is 2.66. The molecule has 6 atom stereocenters. The summed E-state index contributed by atoms with van der Waals surface area (Å²) in [7, 11) is -17.6. The largest absolute Gasteiger partial charge is 0.479 e. The molecule has 1 aliphatic heterocycles. The van der Waals surface area contributed by atoms with Gasteiger partial charge in [0.2, 0.25) is 0 Å². The topological polar surface area (TPSA) is 255 Å². The average Bonchev–Trinajstić information content (AvgIpc) is 3.11. The second-order valence-corrected chi connectivity index (χ2v) is 12.8. The van der Waals surface area contributed by atoms with Crippen LogP contribution in [0.4, 0.5) is 8.78 Å². The number of alkyl halides is 2. The maximum absolute atomic E-state index is 13.9. The minimum absolute atomic E-state index is 0.124. The number of ether oxygens (including phenoxy) is 1. The monoisotopic (exact) mass is 554 g/mol. The van der Waals surface area contributed by atoms with E-state index < -0.39 is 64.6 Å². The van der Waals surface area contributed by atoms with Gasteiger partial charge in [-0.15, -0.1) is 0 Å². The number of rotatable bonds is 10. The highest BCUT2D eigenvalue weighted by Crippen LogP contribution is 2.77. The number of hydrogen-bond acceptors (Lipinski definition) is 9. The molecule has 1 saturated heterocycles. The van der Waals surface area contributed by atoms with Crippen molar-refractivity contribution >= 4 is 22.9 Å². The van der Waals surface area contributed by atoms with Crippen molar-refractivity contribution in [3.05, 3.63) is 43.0 Å². The van der Waals surface area contributed by atoms with Crippen LogP contribution in [0.3, 0.4) is 0 Å². The summed E-state index contributed by atoms with van der Waals surface area (Å²) in [6.07, 6.45) is -1.59. The lowest BCUT2D eigenvalue weighted by Crippen LogP contribution is -2.33. The number of phosphoric acid groups is 1. The molecule has 5 N–H and O–H groups in total. The first kappa shape index (κ1) is 28.5. The lowest BCUT2D eigenvalue weighted by molar-refractivity contribution is -0.0268. The minimum Gasteiger partial charge on any atom is -0.352 e. The highest BCUT2D eigenvalue weighted by molar-refractivity contribution is 7.77. The van der Waals surface area contributed by atoms with Crippen molar-refractivity contribution in [2.24, 2.45) is 5.11 Å². The molecule has 34 heavy (non-hydrogen) atoms. The van der Waals surface area contributed by atoms with Crippen LogP contribution in [0.5, 0.6) is 0 Å². The Balaban J connectivity index is 2.20. The first-order valence-corrected chi connectivity index (χ1v) is 13.6. The van der Waals surface area contributed by atoms with Gasteiger partial charge in [-0.05, 0) is 19.5 Å². The molecule has 3 unspecified atom stereocenters. The van der Waals surface area contributed by atoms with Gasteiger partial charge in [0.25, 0.3) is 5.56 Å². The van der Waals surface area contributed by atoms with Gasteiger partial charge < -0.3 is 19.4 Å². The van der Waals surface area contributed by atoms with Crippen molar-refractivity contribution < 1.29 is 50.7 Å². The molecule has 22 heteroatoms. The number of hydrogen-bond donors (Lipinski definition) is 5. The third kappa shape index (κ3) is 5.90. The summed E-state index contributed by atoms with van der Waals surface area (Å²) in [6.45, 7) is 0.357. The van der Waals surface area contributed by atoms with Gasteiger partial charge >= 0.3 is 34.0 Å². The number of phosphoric ester groups is 1. The fourth-order valence-corrected chi connectivity index (χ4v) is 7.01. The number of H-pyrrole nitrogens is 1. The van der Waals surface area contributed by atoms with E-state index in [9.17, 15) is 41.9 Å². The van der Waals surface area contributed by atoms with Crippen LogP contribution in [0.1, 0.15) is 18.2 Å². The summed E-state index contributed by atoms with van der Waals surface area (Å²) in [5, 5.41) is -0.782. The number of halogens is 2. The van der Waals surface area contributed by atoms with E-state index in [1.54, 1.807) is 0 Å². The molecule has 0 bridgehead atoms. The number of azide groups is 1. The molecule has 0 saturated carbocycles. The Hall–Kier alpha value is -1.74. The zero-order valence-corrected chi connectivity index (χ0v) is 19.9. The first-order chi connectivity index (χ1) is 15.5. The van der Waals surface area contributed by atoms with Gasteiger partial charge in [0.1, 0.15) is 6.23 Å². The molecule has 0 amide bonds. The molecule has 2 heterocycles. The Labute approximate surface area is 188 Å². The number of nitrogens with one attached hydrogen (secondary N) is 2. The van der Waals surface area contributed by atoms with E-state index in [1.807, 2.05) is 4.98 Å². The van der Waals surface area contributed by atoms with Gasteiger partial charge in [0.05, 0.1) is 18.8 Å². The Kier molecular flexibility index (Phi) is 8.46. The highest BCUT2D eigenvalue weighted by atomic mass is 31.3. The quantitative estimate of drug-likeness (QED) is 0.118. The smallest absolute Gasteiger partial charge is 0.352 e. The van der Waals surface area contributed by atoms with Gasteiger partial charge in [-0.2, -0.15) is 8.78 Å². The first-order valence-electron chi connectivity index (χ1n) is 8.91. The molecule has 1 aromatic rings.